The summed E-state index contributed by atoms with van der Waals surface area (Å²) in [5.74, 6) is -0.188. The Labute approximate surface area is 191 Å². The second-order valence-electron chi connectivity index (χ2n) is 8.33. The molecule has 1 saturated carbocycles. The van der Waals surface area contributed by atoms with Gasteiger partial charge in [-0.25, -0.2) is 4.79 Å². The van der Waals surface area contributed by atoms with Crippen LogP contribution in [0.5, 0.6) is 5.75 Å². The molecule has 1 aliphatic heterocycles. The summed E-state index contributed by atoms with van der Waals surface area (Å²) in [5, 5.41) is 9.53. The van der Waals surface area contributed by atoms with E-state index >= 15 is 0 Å². The van der Waals surface area contributed by atoms with Crippen LogP contribution in [0.3, 0.4) is 0 Å². The van der Waals surface area contributed by atoms with Gasteiger partial charge in [-0.05, 0) is 77.9 Å². The Hall–Kier alpha value is -3.31. The van der Waals surface area contributed by atoms with E-state index in [9.17, 15) is 14.7 Å². The lowest BCUT2D eigenvalue weighted by atomic mass is 9.92. The minimum Gasteiger partial charge on any atom is -0.489 e. The van der Waals surface area contributed by atoms with Crippen molar-refractivity contribution in [2.45, 2.75) is 38.5 Å². The van der Waals surface area contributed by atoms with Gasteiger partial charge in [0.25, 0.3) is 5.91 Å². The number of benzene rings is 3. The van der Waals surface area contributed by atoms with Crippen LogP contribution < -0.4 is 4.74 Å². The fourth-order valence-corrected chi connectivity index (χ4v) is 4.48. The van der Waals surface area contributed by atoms with Crippen LogP contribution in [0, 0.1) is 0 Å². The van der Waals surface area contributed by atoms with Crippen LogP contribution in [0.2, 0.25) is 5.02 Å². The fourth-order valence-electron chi connectivity index (χ4n) is 4.28. The Bertz CT molecular complexity index is 1220. The third-order valence-corrected chi connectivity index (χ3v) is 6.62. The molecule has 3 aromatic carbocycles. The van der Waals surface area contributed by atoms with Crippen LogP contribution in [0.4, 0.5) is 0 Å². The third kappa shape index (κ3) is 3.84. The number of carboxylic acid groups (broad SMARTS) is 1. The summed E-state index contributed by atoms with van der Waals surface area (Å²) in [6.07, 6.45) is 3.40. The Morgan fingerprint density at radius 2 is 1.88 bits per heavy atom. The molecular formula is C26H22ClNO4. The molecule has 3 aromatic rings. The highest BCUT2D eigenvalue weighted by Crippen LogP contribution is 2.34. The second-order valence-corrected chi connectivity index (χ2v) is 8.73. The van der Waals surface area contributed by atoms with Crippen LogP contribution in [0.15, 0.2) is 60.7 Å². The highest BCUT2D eigenvalue weighted by Gasteiger charge is 2.35. The molecule has 0 unspecified atom stereocenters. The number of aromatic carboxylic acids is 1. The Kier molecular flexibility index (Phi) is 5.35. The number of rotatable bonds is 6. The van der Waals surface area contributed by atoms with Gasteiger partial charge in [-0.2, -0.15) is 0 Å². The number of halogens is 1. The number of hydrogen-bond acceptors (Lipinski definition) is 3. The first-order chi connectivity index (χ1) is 15.5. The Balaban J connectivity index is 1.30. The normalized spacial score (nSPS) is 15.4. The van der Waals surface area contributed by atoms with Crippen molar-refractivity contribution >= 4 is 23.5 Å². The largest absolute Gasteiger partial charge is 0.489 e. The number of amides is 1. The monoisotopic (exact) mass is 447 g/mol. The van der Waals surface area contributed by atoms with Gasteiger partial charge >= 0.3 is 5.97 Å². The van der Waals surface area contributed by atoms with Crippen molar-refractivity contribution in [2.24, 2.45) is 0 Å². The SMILES string of the molecule is O=C(O)c1cc(-c2cccc(COc3ccc4c(c3)CN(C3CCC3)C4=O)c2)ccc1Cl. The molecule has 5 rings (SSSR count). The lowest BCUT2D eigenvalue weighted by molar-refractivity contribution is 0.0605. The van der Waals surface area contributed by atoms with Gasteiger partial charge in [0.05, 0.1) is 10.6 Å². The molecule has 1 N–H and O–H groups in total. The quantitative estimate of drug-likeness (QED) is 0.519. The summed E-state index contributed by atoms with van der Waals surface area (Å²) < 4.78 is 6.02. The third-order valence-electron chi connectivity index (χ3n) is 6.29. The van der Waals surface area contributed by atoms with E-state index in [2.05, 4.69) is 0 Å². The highest BCUT2D eigenvalue weighted by atomic mass is 35.5. The number of nitrogens with zero attached hydrogens (tertiary/aromatic N) is 1. The van der Waals surface area contributed by atoms with Gasteiger partial charge in [-0.1, -0.05) is 35.9 Å². The van der Waals surface area contributed by atoms with Crippen LogP contribution in [-0.4, -0.2) is 27.9 Å². The fraction of sp³-hybridized carbons (Fsp3) is 0.231. The van der Waals surface area contributed by atoms with Crippen molar-refractivity contribution in [1.82, 2.24) is 4.90 Å². The average Bonchev–Trinajstić information content (AvgIpc) is 3.07. The zero-order valence-corrected chi connectivity index (χ0v) is 18.1. The van der Waals surface area contributed by atoms with Gasteiger partial charge in [0.15, 0.2) is 0 Å². The molecule has 0 bridgehead atoms. The highest BCUT2D eigenvalue weighted by molar-refractivity contribution is 6.33. The van der Waals surface area contributed by atoms with Crippen LogP contribution in [0.1, 0.15) is 51.1 Å². The van der Waals surface area contributed by atoms with Gasteiger partial charge < -0.3 is 14.7 Å². The zero-order chi connectivity index (χ0) is 22.2. The predicted octanol–water partition coefficient (Wildman–Crippen LogP) is 5.79. The standard InChI is InChI=1S/C26H22ClNO4/c27-24-10-7-18(13-23(24)26(30)31)17-4-1-3-16(11-17)15-32-21-8-9-22-19(12-21)14-28(25(22)29)20-5-2-6-20/h1,3-4,7-13,20H,2,5-6,14-15H2,(H,30,31). The molecule has 162 valence electrons. The van der Waals surface area contributed by atoms with Gasteiger partial charge in [0, 0.05) is 18.2 Å². The molecule has 1 amide bonds. The molecular weight excluding hydrogens is 426 g/mol. The second kappa shape index (κ2) is 8.32. The topological polar surface area (TPSA) is 66.8 Å². The molecule has 0 radical (unpaired) electrons. The van der Waals surface area contributed by atoms with E-state index in [0.717, 1.165) is 46.4 Å². The number of hydrogen-bond donors (Lipinski definition) is 1. The number of fused-ring (bicyclic) bond motifs is 1. The molecule has 0 saturated heterocycles. The van der Waals surface area contributed by atoms with Crippen molar-refractivity contribution in [1.29, 1.82) is 0 Å². The maximum Gasteiger partial charge on any atom is 0.337 e. The smallest absolute Gasteiger partial charge is 0.337 e. The zero-order valence-electron chi connectivity index (χ0n) is 17.4. The van der Waals surface area contributed by atoms with E-state index in [-0.39, 0.29) is 16.5 Å². The first kappa shape index (κ1) is 20.6. The van der Waals surface area contributed by atoms with Crippen molar-refractivity contribution in [3.8, 4) is 16.9 Å². The molecule has 32 heavy (non-hydrogen) atoms. The van der Waals surface area contributed by atoms with Gasteiger partial charge in [0.1, 0.15) is 12.4 Å². The molecule has 6 heteroatoms. The van der Waals surface area contributed by atoms with Gasteiger partial charge in [-0.15, -0.1) is 0 Å². The predicted molar refractivity (Wildman–Crippen MR) is 122 cm³/mol. The van der Waals surface area contributed by atoms with Crippen LogP contribution in [-0.2, 0) is 13.2 Å². The van der Waals surface area contributed by atoms with E-state index in [1.54, 1.807) is 18.2 Å². The van der Waals surface area contributed by atoms with Crippen molar-refractivity contribution in [3.05, 3.63) is 87.9 Å². The first-order valence-electron chi connectivity index (χ1n) is 10.7. The molecule has 5 nitrogen and oxygen atoms in total. The molecule has 0 atom stereocenters. The van der Waals surface area contributed by atoms with Crippen LogP contribution >= 0.6 is 11.6 Å². The lowest BCUT2D eigenvalue weighted by Gasteiger charge is -2.34. The molecule has 1 fully saturated rings. The van der Waals surface area contributed by atoms with E-state index in [1.165, 1.54) is 6.42 Å². The number of carbonyl (C=O) groups is 2. The molecule has 2 aliphatic rings. The summed E-state index contributed by atoms with van der Waals surface area (Å²) in [6, 6.07) is 18.8. The number of carbonyl (C=O) groups excluding carboxylic acids is 1. The lowest BCUT2D eigenvalue weighted by Crippen LogP contribution is -2.40. The number of carboxylic acids is 1. The Morgan fingerprint density at radius 1 is 1.06 bits per heavy atom. The summed E-state index contributed by atoms with van der Waals surface area (Å²) in [4.78, 5) is 26.0. The first-order valence-corrected chi connectivity index (χ1v) is 11.1. The van der Waals surface area contributed by atoms with Gasteiger partial charge in [0.2, 0.25) is 0 Å². The minimum atomic E-state index is -1.05. The maximum absolute atomic E-state index is 12.6. The van der Waals surface area contributed by atoms with E-state index in [1.807, 2.05) is 47.4 Å². The van der Waals surface area contributed by atoms with E-state index in [0.29, 0.717) is 19.2 Å². The number of ether oxygens (including phenoxy) is 1. The van der Waals surface area contributed by atoms with E-state index < -0.39 is 5.97 Å². The van der Waals surface area contributed by atoms with Crippen LogP contribution in [0.25, 0.3) is 11.1 Å². The molecule has 0 spiro atoms. The summed E-state index contributed by atoms with van der Waals surface area (Å²) in [5.41, 5.74) is 4.51. The Morgan fingerprint density at radius 3 is 2.62 bits per heavy atom. The van der Waals surface area contributed by atoms with Crippen molar-refractivity contribution < 1.29 is 19.4 Å². The summed E-state index contributed by atoms with van der Waals surface area (Å²) >= 11 is 5.99. The average molecular weight is 448 g/mol. The molecule has 1 aliphatic carbocycles. The maximum atomic E-state index is 12.6. The molecule has 1 heterocycles. The van der Waals surface area contributed by atoms with E-state index in [4.69, 9.17) is 16.3 Å². The van der Waals surface area contributed by atoms with Gasteiger partial charge in [-0.3, -0.25) is 4.79 Å². The summed E-state index contributed by atoms with van der Waals surface area (Å²) in [6.45, 7) is 1.03. The van der Waals surface area contributed by atoms with Crippen molar-refractivity contribution in [2.75, 3.05) is 0 Å². The summed E-state index contributed by atoms with van der Waals surface area (Å²) in [7, 11) is 0. The minimum absolute atomic E-state index is 0.0782. The van der Waals surface area contributed by atoms with Crippen molar-refractivity contribution in [3.63, 3.8) is 0 Å². The molecule has 0 aromatic heterocycles.